The van der Waals surface area contributed by atoms with Crippen LogP contribution in [0.1, 0.15) is 31.9 Å². The summed E-state index contributed by atoms with van der Waals surface area (Å²) in [7, 11) is -3.28. The number of carbonyl (C=O) groups is 1. The van der Waals surface area contributed by atoms with Gasteiger partial charge >= 0.3 is 0 Å². The van der Waals surface area contributed by atoms with Crippen molar-refractivity contribution in [3.63, 3.8) is 0 Å². The first-order valence-corrected chi connectivity index (χ1v) is 9.47. The van der Waals surface area contributed by atoms with Crippen molar-refractivity contribution >= 4 is 15.7 Å². The molecule has 1 aromatic carbocycles. The monoisotopic (exact) mass is 349 g/mol. The third-order valence-electron chi connectivity index (χ3n) is 3.77. The Kier molecular flexibility index (Phi) is 5.83. The molecule has 6 heteroatoms. The highest BCUT2D eigenvalue weighted by Crippen LogP contribution is 2.16. The molecule has 5 nitrogen and oxygen atoms in total. The molecule has 0 spiro atoms. The van der Waals surface area contributed by atoms with Gasteiger partial charge in [0.05, 0.1) is 29.1 Å². The molecule has 2 aromatic rings. The van der Waals surface area contributed by atoms with Crippen LogP contribution in [0.25, 0.3) is 0 Å². The van der Waals surface area contributed by atoms with Gasteiger partial charge in [-0.15, -0.1) is 0 Å². The van der Waals surface area contributed by atoms with Gasteiger partial charge in [0, 0.05) is 6.04 Å². The first kappa shape index (κ1) is 18.3. The predicted molar refractivity (Wildman–Crippen MR) is 92.5 cm³/mol. The van der Waals surface area contributed by atoms with Gasteiger partial charge in [-0.1, -0.05) is 12.1 Å². The highest BCUT2D eigenvalue weighted by Gasteiger charge is 2.19. The summed E-state index contributed by atoms with van der Waals surface area (Å²) in [6.07, 6.45) is 4.19. The van der Waals surface area contributed by atoms with Crippen molar-refractivity contribution in [1.82, 2.24) is 5.32 Å². The fourth-order valence-corrected chi connectivity index (χ4v) is 3.45. The number of hydrogen-bond donors (Lipinski definition) is 1. The molecule has 0 aliphatic carbocycles. The molecule has 0 saturated heterocycles. The molecule has 0 radical (unpaired) electrons. The lowest BCUT2D eigenvalue weighted by molar-refractivity contribution is -0.121. The van der Waals surface area contributed by atoms with Crippen LogP contribution in [0.15, 0.2) is 52.2 Å². The van der Waals surface area contributed by atoms with E-state index in [1.807, 2.05) is 13.0 Å². The summed E-state index contributed by atoms with van der Waals surface area (Å²) >= 11 is 0. The van der Waals surface area contributed by atoms with E-state index in [9.17, 15) is 13.2 Å². The number of furan rings is 1. The Bertz CT molecular complexity index is 762. The molecular formula is C18H23NO4S. The van der Waals surface area contributed by atoms with Crippen LogP contribution in [0.5, 0.6) is 0 Å². The number of hydrogen-bond acceptors (Lipinski definition) is 4. The summed E-state index contributed by atoms with van der Waals surface area (Å²) in [5.41, 5.74) is 1.82. The average Bonchev–Trinajstić information content (AvgIpc) is 3.00. The molecule has 1 atom stereocenters. The highest BCUT2D eigenvalue weighted by atomic mass is 32.2. The SMILES string of the molecule is CC(C)S(=O)(=O)c1ccc(CC(=O)N[C@@H](C)Cc2ccoc2)cc1. The molecule has 1 amide bonds. The van der Waals surface area contributed by atoms with E-state index in [2.05, 4.69) is 5.32 Å². The summed E-state index contributed by atoms with van der Waals surface area (Å²) in [4.78, 5) is 12.4. The first-order chi connectivity index (χ1) is 11.3. The summed E-state index contributed by atoms with van der Waals surface area (Å²) < 4.78 is 29.2. The number of rotatable bonds is 7. The molecule has 0 saturated carbocycles. The van der Waals surface area contributed by atoms with E-state index in [4.69, 9.17) is 4.42 Å². The molecule has 0 aliphatic rings. The van der Waals surface area contributed by atoms with E-state index < -0.39 is 15.1 Å². The molecule has 0 aliphatic heterocycles. The molecule has 1 aromatic heterocycles. The number of amides is 1. The van der Waals surface area contributed by atoms with Gasteiger partial charge in [0.2, 0.25) is 5.91 Å². The van der Waals surface area contributed by atoms with Gasteiger partial charge in [0.15, 0.2) is 9.84 Å². The van der Waals surface area contributed by atoms with Crippen LogP contribution < -0.4 is 5.32 Å². The van der Waals surface area contributed by atoms with Crippen LogP contribution in [-0.2, 0) is 27.5 Å². The predicted octanol–water partition coefficient (Wildman–Crippen LogP) is 2.75. The Morgan fingerprint density at radius 2 is 1.75 bits per heavy atom. The van der Waals surface area contributed by atoms with Crippen molar-refractivity contribution in [3.8, 4) is 0 Å². The second-order valence-electron chi connectivity index (χ2n) is 6.22. The number of benzene rings is 1. The smallest absolute Gasteiger partial charge is 0.224 e. The molecule has 24 heavy (non-hydrogen) atoms. The fourth-order valence-electron chi connectivity index (χ4n) is 2.39. The van der Waals surface area contributed by atoms with Crippen molar-refractivity contribution < 1.29 is 17.6 Å². The largest absolute Gasteiger partial charge is 0.472 e. The Morgan fingerprint density at radius 1 is 1.08 bits per heavy atom. The summed E-state index contributed by atoms with van der Waals surface area (Å²) in [5, 5.41) is 2.47. The Morgan fingerprint density at radius 3 is 2.29 bits per heavy atom. The lowest BCUT2D eigenvalue weighted by Crippen LogP contribution is -2.35. The minimum atomic E-state index is -3.28. The van der Waals surface area contributed by atoms with Gasteiger partial charge in [-0.2, -0.15) is 0 Å². The van der Waals surface area contributed by atoms with Crippen LogP contribution in [-0.4, -0.2) is 25.6 Å². The second kappa shape index (κ2) is 7.66. The van der Waals surface area contributed by atoms with Crippen LogP contribution >= 0.6 is 0 Å². The second-order valence-corrected chi connectivity index (χ2v) is 8.72. The van der Waals surface area contributed by atoms with Crippen molar-refractivity contribution in [2.75, 3.05) is 0 Å². The lowest BCUT2D eigenvalue weighted by atomic mass is 10.1. The standard InChI is InChI=1S/C18H23NO4S/c1-13(2)24(21,22)17-6-4-15(5-7-17)11-18(20)19-14(3)10-16-8-9-23-12-16/h4-9,12-14H,10-11H2,1-3H3,(H,19,20)/t14-/m0/s1. The van der Waals surface area contributed by atoms with Crippen molar-refractivity contribution in [1.29, 1.82) is 0 Å². The van der Waals surface area contributed by atoms with Crippen LogP contribution in [0.3, 0.4) is 0 Å². The van der Waals surface area contributed by atoms with Gasteiger partial charge in [-0.05, 0) is 56.5 Å². The molecule has 0 unspecified atom stereocenters. The van der Waals surface area contributed by atoms with Crippen LogP contribution in [0, 0.1) is 0 Å². The fraction of sp³-hybridized carbons (Fsp3) is 0.389. The minimum absolute atomic E-state index is 0.00399. The molecule has 0 bridgehead atoms. The molecule has 1 heterocycles. The first-order valence-electron chi connectivity index (χ1n) is 7.92. The lowest BCUT2D eigenvalue weighted by Gasteiger charge is -2.13. The zero-order valence-corrected chi connectivity index (χ0v) is 15.0. The Balaban J connectivity index is 1.92. The summed E-state index contributed by atoms with van der Waals surface area (Å²) in [5.74, 6) is -0.0922. The highest BCUT2D eigenvalue weighted by molar-refractivity contribution is 7.92. The normalized spacial score (nSPS) is 13.0. The van der Waals surface area contributed by atoms with E-state index in [1.54, 1.807) is 50.6 Å². The zero-order chi connectivity index (χ0) is 17.7. The van der Waals surface area contributed by atoms with E-state index in [0.717, 1.165) is 11.1 Å². The summed E-state index contributed by atoms with van der Waals surface area (Å²) in [6, 6.07) is 8.37. The molecule has 130 valence electrons. The number of nitrogens with one attached hydrogen (secondary N) is 1. The van der Waals surface area contributed by atoms with Crippen molar-refractivity contribution in [3.05, 3.63) is 54.0 Å². The number of sulfone groups is 1. The zero-order valence-electron chi connectivity index (χ0n) is 14.2. The number of carbonyl (C=O) groups excluding carboxylic acids is 1. The minimum Gasteiger partial charge on any atom is -0.472 e. The third-order valence-corrected chi connectivity index (χ3v) is 5.94. The van der Waals surface area contributed by atoms with E-state index >= 15 is 0 Å². The van der Waals surface area contributed by atoms with Crippen LogP contribution in [0.4, 0.5) is 0 Å². The topological polar surface area (TPSA) is 76.4 Å². The van der Waals surface area contributed by atoms with Crippen molar-refractivity contribution in [2.24, 2.45) is 0 Å². The maximum absolute atomic E-state index is 12.1. The van der Waals surface area contributed by atoms with E-state index in [-0.39, 0.29) is 23.3 Å². The van der Waals surface area contributed by atoms with E-state index in [0.29, 0.717) is 6.42 Å². The summed E-state index contributed by atoms with van der Waals surface area (Å²) in [6.45, 7) is 5.24. The Labute approximate surface area is 143 Å². The van der Waals surface area contributed by atoms with Gasteiger partial charge in [0.1, 0.15) is 0 Å². The molecule has 2 rings (SSSR count). The molecule has 0 fully saturated rings. The van der Waals surface area contributed by atoms with E-state index in [1.165, 1.54) is 0 Å². The van der Waals surface area contributed by atoms with Gasteiger partial charge < -0.3 is 9.73 Å². The van der Waals surface area contributed by atoms with Gasteiger partial charge in [-0.25, -0.2) is 8.42 Å². The van der Waals surface area contributed by atoms with Crippen molar-refractivity contribution in [2.45, 2.75) is 49.8 Å². The van der Waals surface area contributed by atoms with Crippen LogP contribution in [0.2, 0.25) is 0 Å². The average molecular weight is 349 g/mol. The van der Waals surface area contributed by atoms with Gasteiger partial charge in [-0.3, -0.25) is 4.79 Å². The third kappa shape index (κ3) is 4.71. The Hall–Kier alpha value is -2.08. The molecular weight excluding hydrogens is 326 g/mol. The molecule has 1 N–H and O–H groups in total. The maximum Gasteiger partial charge on any atom is 0.224 e. The van der Waals surface area contributed by atoms with Gasteiger partial charge in [0.25, 0.3) is 0 Å². The maximum atomic E-state index is 12.1. The quantitative estimate of drug-likeness (QED) is 0.834.